The number of hydrogen-bond donors (Lipinski definition) is 1. The molecule has 0 saturated carbocycles. The van der Waals surface area contributed by atoms with Gasteiger partial charge in [-0.25, -0.2) is 9.29 Å². The summed E-state index contributed by atoms with van der Waals surface area (Å²) < 4.78 is 19.4. The lowest BCUT2D eigenvalue weighted by Gasteiger charge is -2.16. The third kappa shape index (κ3) is 4.25. The van der Waals surface area contributed by atoms with Crippen LogP contribution in [0.25, 0.3) is 5.57 Å². The second kappa shape index (κ2) is 9.06. The number of nitrogens with one attached hydrogen (secondary N) is 1. The highest BCUT2D eigenvalue weighted by Gasteiger charge is 2.40. The molecule has 6 heteroatoms. The summed E-state index contributed by atoms with van der Waals surface area (Å²) in [4.78, 5) is 28.0. The van der Waals surface area contributed by atoms with E-state index in [4.69, 9.17) is 4.74 Å². The number of carbonyl (C=O) groups is 2. The molecule has 0 aliphatic carbocycles. The molecule has 0 fully saturated rings. The lowest BCUT2D eigenvalue weighted by atomic mass is 10.0. The number of imide groups is 1. The molecular weight excluding hydrogens is 407 g/mol. The van der Waals surface area contributed by atoms with E-state index in [9.17, 15) is 14.0 Å². The molecule has 1 heterocycles. The Kier molecular flexibility index (Phi) is 6.03. The summed E-state index contributed by atoms with van der Waals surface area (Å²) in [5.41, 5.74) is 2.77. The van der Waals surface area contributed by atoms with Gasteiger partial charge >= 0.3 is 0 Å². The maximum atomic E-state index is 13.7. The zero-order chi connectivity index (χ0) is 22.7. The minimum absolute atomic E-state index is 0.101. The van der Waals surface area contributed by atoms with Crippen LogP contribution in [0.5, 0.6) is 5.75 Å². The summed E-state index contributed by atoms with van der Waals surface area (Å²) in [6.45, 7) is 4.48. The molecule has 5 nitrogen and oxygen atoms in total. The predicted octanol–water partition coefficient (Wildman–Crippen LogP) is 5.32. The minimum atomic E-state index is -0.512. The molecule has 1 N–H and O–H groups in total. The molecule has 2 amide bonds. The van der Waals surface area contributed by atoms with Crippen LogP contribution < -0.4 is 15.0 Å². The number of carbonyl (C=O) groups excluding carboxylic acids is 2. The van der Waals surface area contributed by atoms with Crippen LogP contribution in [-0.4, -0.2) is 18.4 Å². The van der Waals surface area contributed by atoms with E-state index >= 15 is 0 Å². The van der Waals surface area contributed by atoms with Gasteiger partial charge in [0.2, 0.25) is 0 Å². The van der Waals surface area contributed by atoms with Gasteiger partial charge in [0.15, 0.2) is 0 Å². The third-order valence-electron chi connectivity index (χ3n) is 5.07. The SMILES string of the molecule is CCCOc1cccc(N2C(=O)C(Nc3cccc(F)c3)=C(c3ccc(C)cc3)C2=O)c1. The molecule has 3 aromatic carbocycles. The third-order valence-corrected chi connectivity index (χ3v) is 5.07. The molecular formula is C26H23FN2O3. The van der Waals surface area contributed by atoms with E-state index in [-0.39, 0.29) is 11.3 Å². The van der Waals surface area contributed by atoms with Gasteiger partial charge in [0.1, 0.15) is 17.3 Å². The Balaban J connectivity index is 1.77. The average molecular weight is 430 g/mol. The van der Waals surface area contributed by atoms with Crippen LogP contribution in [0.1, 0.15) is 24.5 Å². The standard InChI is InChI=1S/C26H23FN2O3/c1-3-14-32-22-9-5-8-21(16-22)29-25(30)23(18-12-10-17(2)11-13-18)24(26(29)31)28-20-7-4-6-19(27)15-20/h4-13,15-16,28H,3,14H2,1-2H3. The van der Waals surface area contributed by atoms with E-state index in [1.165, 1.54) is 18.2 Å². The highest BCUT2D eigenvalue weighted by molar-refractivity contribution is 6.46. The zero-order valence-corrected chi connectivity index (χ0v) is 17.9. The molecule has 1 aliphatic heterocycles. The van der Waals surface area contributed by atoms with Gasteiger partial charge in [-0.2, -0.15) is 0 Å². The highest BCUT2D eigenvalue weighted by Crippen LogP contribution is 2.35. The second-order valence-electron chi connectivity index (χ2n) is 7.54. The first-order valence-corrected chi connectivity index (χ1v) is 10.4. The number of rotatable bonds is 7. The Bertz CT molecular complexity index is 1200. The zero-order valence-electron chi connectivity index (χ0n) is 17.9. The number of ether oxygens (including phenoxy) is 1. The molecule has 0 bridgehead atoms. The van der Waals surface area contributed by atoms with Crippen molar-refractivity contribution in [2.24, 2.45) is 0 Å². The van der Waals surface area contributed by atoms with E-state index < -0.39 is 17.6 Å². The number of amides is 2. The summed E-state index contributed by atoms with van der Waals surface area (Å²) in [6.07, 6.45) is 0.840. The van der Waals surface area contributed by atoms with Gasteiger partial charge in [-0.05, 0) is 49.2 Å². The van der Waals surface area contributed by atoms with Crippen LogP contribution in [0.2, 0.25) is 0 Å². The fourth-order valence-electron chi connectivity index (χ4n) is 3.51. The van der Waals surface area contributed by atoms with Gasteiger partial charge in [-0.15, -0.1) is 0 Å². The van der Waals surface area contributed by atoms with Crippen molar-refractivity contribution in [3.63, 3.8) is 0 Å². The Morgan fingerprint density at radius 1 is 0.938 bits per heavy atom. The van der Waals surface area contributed by atoms with Gasteiger partial charge in [-0.1, -0.05) is 48.9 Å². The van der Waals surface area contributed by atoms with Crippen LogP contribution in [0.3, 0.4) is 0 Å². The Morgan fingerprint density at radius 3 is 2.41 bits per heavy atom. The minimum Gasteiger partial charge on any atom is -0.494 e. The summed E-state index contributed by atoms with van der Waals surface area (Å²) in [7, 11) is 0. The molecule has 0 atom stereocenters. The van der Waals surface area contributed by atoms with Crippen molar-refractivity contribution in [2.45, 2.75) is 20.3 Å². The number of anilines is 2. The lowest BCUT2D eigenvalue weighted by Crippen LogP contribution is -2.32. The Labute approximate surface area is 186 Å². The van der Waals surface area contributed by atoms with E-state index in [0.717, 1.165) is 16.9 Å². The van der Waals surface area contributed by atoms with Gasteiger partial charge in [0.25, 0.3) is 11.8 Å². The van der Waals surface area contributed by atoms with E-state index in [1.54, 1.807) is 42.5 Å². The number of halogens is 1. The maximum Gasteiger partial charge on any atom is 0.282 e. The van der Waals surface area contributed by atoms with E-state index in [2.05, 4.69) is 5.32 Å². The molecule has 4 rings (SSSR count). The topological polar surface area (TPSA) is 58.6 Å². The molecule has 3 aromatic rings. The van der Waals surface area contributed by atoms with Crippen LogP contribution >= 0.6 is 0 Å². The van der Waals surface area contributed by atoms with Crippen LogP contribution in [0.15, 0.2) is 78.5 Å². The monoisotopic (exact) mass is 430 g/mol. The molecule has 0 unspecified atom stereocenters. The van der Waals surface area contributed by atoms with Crippen molar-refractivity contribution < 1.29 is 18.7 Å². The first-order chi connectivity index (χ1) is 15.5. The van der Waals surface area contributed by atoms with Crippen molar-refractivity contribution in [1.29, 1.82) is 0 Å². The fraction of sp³-hybridized carbons (Fsp3) is 0.154. The van der Waals surface area contributed by atoms with E-state index in [0.29, 0.717) is 29.3 Å². The van der Waals surface area contributed by atoms with Crippen molar-refractivity contribution in [3.8, 4) is 5.75 Å². The normalized spacial score (nSPS) is 13.7. The first-order valence-electron chi connectivity index (χ1n) is 10.4. The Hall–Kier alpha value is -3.93. The van der Waals surface area contributed by atoms with Crippen molar-refractivity contribution in [2.75, 3.05) is 16.8 Å². The van der Waals surface area contributed by atoms with Gasteiger partial charge < -0.3 is 10.1 Å². The number of nitrogens with zero attached hydrogens (tertiary/aromatic N) is 1. The molecule has 1 aliphatic rings. The van der Waals surface area contributed by atoms with Crippen molar-refractivity contribution in [3.05, 3.63) is 95.4 Å². The van der Waals surface area contributed by atoms with Crippen molar-refractivity contribution in [1.82, 2.24) is 0 Å². The average Bonchev–Trinajstić information content (AvgIpc) is 3.02. The van der Waals surface area contributed by atoms with E-state index in [1.807, 2.05) is 26.0 Å². The predicted molar refractivity (Wildman–Crippen MR) is 123 cm³/mol. The molecule has 0 spiro atoms. The lowest BCUT2D eigenvalue weighted by molar-refractivity contribution is -0.120. The number of aryl methyl sites for hydroxylation is 1. The molecule has 0 radical (unpaired) electrons. The van der Waals surface area contributed by atoms with Gasteiger partial charge in [0, 0.05) is 11.8 Å². The van der Waals surface area contributed by atoms with Crippen LogP contribution in [0.4, 0.5) is 15.8 Å². The van der Waals surface area contributed by atoms with Gasteiger partial charge in [0.05, 0.1) is 17.9 Å². The summed E-state index contributed by atoms with van der Waals surface area (Å²) >= 11 is 0. The Morgan fingerprint density at radius 2 is 1.69 bits per heavy atom. The molecule has 162 valence electrons. The van der Waals surface area contributed by atoms with Crippen molar-refractivity contribution >= 4 is 28.8 Å². The first kappa shape index (κ1) is 21.3. The molecule has 0 saturated heterocycles. The quantitative estimate of drug-likeness (QED) is 0.516. The number of hydrogen-bond acceptors (Lipinski definition) is 4. The second-order valence-corrected chi connectivity index (χ2v) is 7.54. The summed E-state index contributed by atoms with van der Waals surface area (Å²) in [5.74, 6) is -0.830. The largest absolute Gasteiger partial charge is 0.494 e. The smallest absolute Gasteiger partial charge is 0.282 e. The molecule has 32 heavy (non-hydrogen) atoms. The van der Waals surface area contributed by atoms with Crippen LogP contribution in [0, 0.1) is 12.7 Å². The molecule has 0 aromatic heterocycles. The highest BCUT2D eigenvalue weighted by atomic mass is 19.1. The number of benzene rings is 3. The summed E-state index contributed by atoms with van der Waals surface area (Å²) in [6, 6.07) is 20.0. The van der Waals surface area contributed by atoms with Gasteiger partial charge in [-0.3, -0.25) is 9.59 Å². The maximum absolute atomic E-state index is 13.7. The fourth-order valence-corrected chi connectivity index (χ4v) is 3.51. The van der Waals surface area contributed by atoms with Crippen LogP contribution in [-0.2, 0) is 9.59 Å². The summed E-state index contributed by atoms with van der Waals surface area (Å²) in [5, 5.41) is 2.97.